The summed E-state index contributed by atoms with van der Waals surface area (Å²) < 4.78 is 10.6. The number of halogens is 1. The van der Waals surface area contributed by atoms with Crippen LogP contribution in [0.5, 0.6) is 11.5 Å². The lowest BCUT2D eigenvalue weighted by atomic mass is 10.1. The maximum atomic E-state index is 11.5. The van der Waals surface area contributed by atoms with E-state index in [2.05, 4.69) is 15.9 Å². The van der Waals surface area contributed by atoms with Gasteiger partial charge in [0, 0.05) is 11.6 Å². The molecule has 0 saturated carbocycles. The number of methoxy groups -OCH3 is 1. The van der Waals surface area contributed by atoms with E-state index in [-0.39, 0.29) is 10.6 Å². The zero-order valence-electron chi connectivity index (χ0n) is 13.8. The number of carboxylic acids is 3. The van der Waals surface area contributed by atoms with Gasteiger partial charge in [0.25, 0.3) is 0 Å². The van der Waals surface area contributed by atoms with Crippen LogP contribution in [0.15, 0.2) is 28.7 Å². The van der Waals surface area contributed by atoms with E-state index in [0.717, 1.165) is 17.4 Å². The van der Waals surface area contributed by atoms with Crippen LogP contribution in [0.1, 0.15) is 15.2 Å². The SMILES string of the molecule is COc1ccc(-c2sc(C(=O)O)c(OCC(=O)O)c2Br)cc1/C=C/C(=O)O. The van der Waals surface area contributed by atoms with E-state index in [1.807, 2.05) is 0 Å². The zero-order valence-corrected chi connectivity index (χ0v) is 16.2. The van der Waals surface area contributed by atoms with Crippen LogP contribution in [0.2, 0.25) is 0 Å². The summed E-state index contributed by atoms with van der Waals surface area (Å²) in [6.45, 7) is -0.690. The third kappa shape index (κ3) is 4.86. The Hall–Kier alpha value is -2.85. The lowest BCUT2D eigenvalue weighted by molar-refractivity contribution is -0.139. The van der Waals surface area contributed by atoms with Gasteiger partial charge < -0.3 is 24.8 Å². The van der Waals surface area contributed by atoms with Crippen molar-refractivity contribution < 1.29 is 39.2 Å². The van der Waals surface area contributed by atoms with Crippen LogP contribution in [0.4, 0.5) is 0 Å². The van der Waals surface area contributed by atoms with Gasteiger partial charge in [-0.15, -0.1) is 11.3 Å². The van der Waals surface area contributed by atoms with Crippen molar-refractivity contribution >= 4 is 51.3 Å². The molecule has 8 nitrogen and oxygen atoms in total. The summed E-state index contributed by atoms with van der Waals surface area (Å²) in [6.07, 6.45) is 2.31. The summed E-state index contributed by atoms with van der Waals surface area (Å²) in [7, 11) is 1.44. The van der Waals surface area contributed by atoms with Gasteiger partial charge >= 0.3 is 17.9 Å². The number of hydrogen-bond acceptors (Lipinski definition) is 6. The van der Waals surface area contributed by atoms with Crippen LogP contribution in [-0.2, 0) is 9.59 Å². The highest BCUT2D eigenvalue weighted by Crippen LogP contribution is 2.46. The molecule has 1 aromatic carbocycles. The summed E-state index contributed by atoms with van der Waals surface area (Å²) >= 11 is 4.17. The molecule has 0 atom stereocenters. The molecule has 3 N–H and O–H groups in total. The number of aromatic carboxylic acids is 1. The first-order chi connectivity index (χ1) is 12.7. The highest BCUT2D eigenvalue weighted by atomic mass is 79.9. The standard InChI is InChI=1S/C17H13BrO8S/c1-25-10-4-2-9(6-8(10)3-5-11(19)20)15-13(18)14(26-7-12(21)22)16(27-15)17(23)24/h2-6H,7H2,1H3,(H,19,20)(H,21,22)(H,23,24)/b5-3+. The second-order valence-corrected chi connectivity index (χ2v) is 6.83. The first kappa shape index (κ1) is 20.5. The molecule has 10 heteroatoms. The number of hydrogen-bond donors (Lipinski definition) is 3. The molecule has 0 aliphatic rings. The molecule has 0 fully saturated rings. The van der Waals surface area contributed by atoms with Crippen molar-refractivity contribution in [2.45, 2.75) is 0 Å². The summed E-state index contributed by atoms with van der Waals surface area (Å²) in [5.41, 5.74) is 1.05. The van der Waals surface area contributed by atoms with E-state index in [4.69, 9.17) is 19.7 Å². The first-order valence-electron chi connectivity index (χ1n) is 7.24. The third-order valence-corrected chi connectivity index (χ3v) is 5.47. The average Bonchev–Trinajstić information content (AvgIpc) is 2.94. The van der Waals surface area contributed by atoms with Gasteiger partial charge in [0.2, 0.25) is 0 Å². The van der Waals surface area contributed by atoms with E-state index < -0.39 is 24.5 Å². The summed E-state index contributed by atoms with van der Waals surface area (Å²) in [4.78, 5) is 33.3. The van der Waals surface area contributed by atoms with Gasteiger partial charge in [-0.2, -0.15) is 0 Å². The second kappa shape index (κ2) is 8.69. The minimum Gasteiger partial charge on any atom is -0.496 e. The molecule has 0 unspecified atom stereocenters. The number of thiophene rings is 1. The van der Waals surface area contributed by atoms with Crippen molar-refractivity contribution in [1.29, 1.82) is 0 Å². The van der Waals surface area contributed by atoms with Gasteiger partial charge in [-0.05, 0) is 45.8 Å². The minimum absolute atomic E-state index is 0.0802. The Balaban J connectivity index is 2.55. The Bertz CT molecular complexity index is 931. The van der Waals surface area contributed by atoms with Gasteiger partial charge in [0.1, 0.15) is 5.75 Å². The van der Waals surface area contributed by atoms with Gasteiger partial charge in [-0.1, -0.05) is 0 Å². The lowest BCUT2D eigenvalue weighted by Gasteiger charge is -2.08. The average molecular weight is 457 g/mol. The number of aliphatic carboxylic acids is 2. The van der Waals surface area contributed by atoms with Gasteiger partial charge in [-0.25, -0.2) is 14.4 Å². The van der Waals surface area contributed by atoms with Crippen molar-refractivity contribution in [1.82, 2.24) is 0 Å². The van der Waals surface area contributed by atoms with Crippen LogP contribution < -0.4 is 9.47 Å². The topological polar surface area (TPSA) is 130 Å². The van der Waals surface area contributed by atoms with E-state index in [1.165, 1.54) is 13.2 Å². The summed E-state index contributed by atoms with van der Waals surface area (Å²) in [5, 5.41) is 26.9. The molecule has 0 radical (unpaired) electrons. The van der Waals surface area contributed by atoms with Crippen molar-refractivity contribution in [3.05, 3.63) is 39.2 Å². The summed E-state index contributed by atoms with van der Waals surface area (Å²) in [6, 6.07) is 4.91. The van der Waals surface area contributed by atoms with E-state index >= 15 is 0 Å². The van der Waals surface area contributed by atoms with Gasteiger partial charge in [0.15, 0.2) is 17.2 Å². The summed E-state index contributed by atoms with van der Waals surface area (Å²) in [5.74, 6) is -3.27. The molecule has 142 valence electrons. The van der Waals surface area contributed by atoms with Crippen molar-refractivity contribution in [2.75, 3.05) is 13.7 Å². The van der Waals surface area contributed by atoms with Crippen LogP contribution in [-0.4, -0.2) is 46.9 Å². The fourth-order valence-electron chi connectivity index (χ4n) is 2.15. The molecule has 0 aliphatic heterocycles. The maximum absolute atomic E-state index is 11.5. The second-order valence-electron chi connectivity index (χ2n) is 5.02. The zero-order chi connectivity index (χ0) is 20.1. The third-order valence-electron chi connectivity index (χ3n) is 3.24. The smallest absolute Gasteiger partial charge is 0.349 e. The predicted octanol–water partition coefficient (Wildman–Crippen LogP) is 3.45. The maximum Gasteiger partial charge on any atom is 0.349 e. The minimum atomic E-state index is -1.26. The first-order valence-corrected chi connectivity index (χ1v) is 8.85. The molecule has 0 saturated heterocycles. The Morgan fingerprint density at radius 3 is 2.48 bits per heavy atom. The number of carbonyl (C=O) groups is 3. The van der Waals surface area contributed by atoms with E-state index in [0.29, 0.717) is 26.2 Å². The normalized spacial score (nSPS) is 10.7. The molecule has 2 rings (SSSR count). The van der Waals surface area contributed by atoms with Crippen molar-refractivity contribution in [2.24, 2.45) is 0 Å². The van der Waals surface area contributed by atoms with E-state index in [9.17, 15) is 19.5 Å². The number of ether oxygens (including phenoxy) is 2. The number of carboxylic acid groups (broad SMARTS) is 3. The molecule has 27 heavy (non-hydrogen) atoms. The highest BCUT2D eigenvalue weighted by molar-refractivity contribution is 9.10. The molecule has 0 amide bonds. The van der Waals surface area contributed by atoms with Crippen LogP contribution in [0.3, 0.4) is 0 Å². The quantitative estimate of drug-likeness (QED) is 0.514. The molecule has 1 aromatic heterocycles. The molecule has 2 aromatic rings. The van der Waals surface area contributed by atoms with Crippen LogP contribution in [0.25, 0.3) is 16.5 Å². The molecule has 1 heterocycles. The van der Waals surface area contributed by atoms with Gasteiger partial charge in [-0.3, -0.25) is 0 Å². The number of benzene rings is 1. The lowest BCUT2D eigenvalue weighted by Crippen LogP contribution is -2.11. The Kier molecular flexibility index (Phi) is 6.59. The van der Waals surface area contributed by atoms with Crippen molar-refractivity contribution in [3.8, 4) is 21.9 Å². The van der Waals surface area contributed by atoms with Gasteiger partial charge in [0.05, 0.1) is 16.5 Å². The highest BCUT2D eigenvalue weighted by Gasteiger charge is 2.24. The fourth-order valence-corrected chi connectivity index (χ4v) is 4.04. The van der Waals surface area contributed by atoms with Crippen LogP contribution >= 0.6 is 27.3 Å². The molecule has 0 spiro atoms. The molecule has 0 bridgehead atoms. The number of rotatable bonds is 8. The molecular formula is C17H13BrO8S. The molecule has 0 aliphatic carbocycles. The Morgan fingerprint density at radius 1 is 1.22 bits per heavy atom. The van der Waals surface area contributed by atoms with Crippen LogP contribution in [0, 0.1) is 0 Å². The van der Waals surface area contributed by atoms with E-state index in [1.54, 1.807) is 18.2 Å². The fraction of sp³-hybridized carbons (Fsp3) is 0.118. The largest absolute Gasteiger partial charge is 0.496 e. The van der Waals surface area contributed by atoms with Crippen molar-refractivity contribution in [3.63, 3.8) is 0 Å². The molecular weight excluding hydrogens is 444 g/mol. The Labute approximate surface area is 165 Å². The Morgan fingerprint density at radius 2 is 1.93 bits per heavy atom. The predicted molar refractivity (Wildman–Crippen MR) is 101 cm³/mol. The monoisotopic (exact) mass is 456 g/mol.